The van der Waals surface area contributed by atoms with Gasteiger partial charge in [-0.2, -0.15) is 0 Å². The highest BCUT2D eigenvalue weighted by Gasteiger charge is 2.19. The number of hydrogen-bond acceptors (Lipinski definition) is 6. The van der Waals surface area contributed by atoms with E-state index in [0.29, 0.717) is 11.6 Å². The molecule has 3 aromatic heterocycles. The minimum absolute atomic E-state index is 0.0291. The highest BCUT2D eigenvalue weighted by molar-refractivity contribution is 7.98. The van der Waals surface area contributed by atoms with Crippen molar-refractivity contribution in [1.82, 2.24) is 24.7 Å². The molecule has 0 N–H and O–H groups in total. The molecule has 0 saturated heterocycles. The zero-order valence-corrected chi connectivity index (χ0v) is 15.0. The van der Waals surface area contributed by atoms with Gasteiger partial charge in [0.2, 0.25) is 5.89 Å². The average molecular weight is 343 g/mol. The lowest BCUT2D eigenvalue weighted by Crippen LogP contribution is -2.09. The molecule has 0 fully saturated rings. The lowest BCUT2D eigenvalue weighted by atomic mass is 9.94. The molecule has 0 radical (unpaired) electrons. The van der Waals surface area contributed by atoms with Gasteiger partial charge in [-0.25, -0.2) is 4.98 Å². The summed E-state index contributed by atoms with van der Waals surface area (Å²) in [4.78, 5) is 8.69. The standard InChI is InChI=1S/C17H21N5OS/c1-17(2,3)14-10-19-15(23-14)11-24-16-21-20-12-22(16)9-7-13-6-4-5-8-18-13/h4-6,8,10,12H,7,9,11H2,1-3H3. The molecule has 3 rings (SSSR count). The summed E-state index contributed by atoms with van der Waals surface area (Å²) < 4.78 is 7.85. The van der Waals surface area contributed by atoms with Gasteiger partial charge in [0.1, 0.15) is 12.1 Å². The second-order valence-corrected chi connectivity index (χ2v) is 7.48. The topological polar surface area (TPSA) is 69.6 Å². The number of aromatic nitrogens is 5. The molecular formula is C17H21N5OS. The van der Waals surface area contributed by atoms with Crippen molar-refractivity contribution in [3.05, 3.63) is 54.3 Å². The van der Waals surface area contributed by atoms with Gasteiger partial charge in [0.15, 0.2) is 5.16 Å². The van der Waals surface area contributed by atoms with Crippen LogP contribution in [0, 0.1) is 0 Å². The SMILES string of the molecule is CC(C)(C)c1cnc(CSc2nncn2CCc2ccccn2)o1. The van der Waals surface area contributed by atoms with Crippen LogP contribution in [0.25, 0.3) is 0 Å². The van der Waals surface area contributed by atoms with Gasteiger partial charge >= 0.3 is 0 Å². The Morgan fingerprint density at radius 2 is 2.08 bits per heavy atom. The van der Waals surface area contributed by atoms with E-state index in [1.807, 2.05) is 35.2 Å². The molecule has 3 heterocycles. The molecule has 0 aliphatic heterocycles. The Morgan fingerprint density at radius 1 is 1.21 bits per heavy atom. The van der Waals surface area contributed by atoms with Gasteiger partial charge in [-0.05, 0) is 12.1 Å². The minimum Gasteiger partial charge on any atom is -0.444 e. The van der Waals surface area contributed by atoms with Gasteiger partial charge in [0.05, 0.1) is 11.9 Å². The third-order valence-corrected chi connectivity index (χ3v) is 4.50. The monoisotopic (exact) mass is 343 g/mol. The fraction of sp³-hybridized carbons (Fsp3) is 0.412. The van der Waals surface area contributed by atoms with Gasteiger partial charge in [-0.15, -0.1) is 10.2 Å². The Kier molecular flexibility index (Phi) is 4.99. The number of oxazole rings is 1. The van der Waals surface area contributed by atoms with Gasteiger partial charge in [-0.1, -0.05) is 38.6 Å². The average Bonchev–Trinajstić information content (AvgIpc) is 3.20. The van der Waals surface area contributed by atoms with Crippen LogP contribution >= 0.6 is 11.8 Å². The Morgan fingerprint density at radius 3 is 2.79 bits per heavy atom. The second kappa shape index (κ2) is 7.17. The number of pyridine rings is 1. The van der Waals surface area contributed by atoms with E-state index >= 15 is 0 Å². The zero-order chi connectivity index (χ0) is 17.0. The first kappa shape index (κ1) is 16.7. The predicted molar refractivity (Wildman–Crippen MR) is 92.7 cm³/mol. The van der Waals surface area contributed by atoms with E-state index in [2.05, 4.69) is 40.9 Å². The van der Waals surface area contributed by atoms with Crippen LogP contribution in [0.1, 0.15) is 38.1 Å². The van der Waals surface area contributed by atoms with E-state index < -0.39 is 0 Å². The van der Waals surface area contributed by atoms with Gasteiger partial charge < -0.3 is 8.98 Å². The number of aryl methyl sites for hydroxylation is 2. The van der Waals surface area contributed by atoms with Crippen molar-refractivity contribution in [2.75, 3.05) is 0 Å². The second-order valence-electron chi connectivity index (χ2n) is 6.53. The van der Waals surface area contributed by atoms with Crippen LogP contribution in [0.2, 0.25) is 0 Å². The van der Waals surface area contributed by atoms with Crippen molar-refractivity contribution < 1.29 is 4.42 Å². The fourth-order valence-corrected chi connectivity index (χ4v) is 2.94. The largest absolute Gasteiger partial charge is 0.444 e. The summed E-state index contributed by atoms with van der Waals surface area (Å²) in [7, 11) is 0. The maximum Gasteiger partial charge on any atom is 0.204 e. The Bertz CT molecular complexity index is 776. The van der Waals surface area contributed by atoms with Crippen LogP contribution in [-0.2, 0) is 24.1 Å². The summed E-state index contributed by atoms with van der Waals surface area (Å²) in [6.45, 7) is 7.13. The van der Waals surface area contributed by atoms with E-state index in [0.717, 1.165) is 29.6 Å². The molecule has 0 aliphatic rings. The molecule has 0 saturated carbocycles. The third kappa shape index (κ3) is 4.23. The lowest BCUT2D eigenvalue weighted by molar-refractivity contribution is 0.390. The van der Waals surface area contributed by atoms with E-state index in [1.54, 1.807) is 18.1 Å². The molecular weight excluding hydrogens is 322 g/mol. The van der Waals surface area contributed by atoms with Crippen molar-refractivity contribution in [1.29, 1.82) is 0 Å². The van der Waals surface area contributed by atoms with E-state index in [1.165, 1.54) is 0 Å². The van der Waals surface area contributed by atoms with Gasteiger partial charge in [-0.3, -0.25) is 4.98 Å². The van der Waals surface area contributed by atoms with Crippen molar-refractivity contribution >= 4 is 11.8 Å². The van der Waals surface area contributed by atoms with Crippen LogP contribution in [0.4, 0.5) is 0 Å². The zero-order valence-electron chi connectivity index (χ0n) is 14.1. The van der Waals surface area contributed by atoms with E-state index in [4.69, 9.17) is 4.42 Å². The summed E-state index contributed by atoms with van der Waals surface area (Å²) >= 11 is 1.58. The maximum atomic E-state index is 5.82. The Hall–Kier alpha value is -2.15. The highest BCUT2D eigenvalue weighted by Crippen LogP contribution is 2.26. The molecule has 0 aromatic carbocycles. The molecule has 3 aromatic rings. The van der Waals surface area contributed by atoms with Crippen molar-refractivity contribution in [2.24, 2.45) is 0 Å². The first-order chi connectivity index (χ1) is 11.5. The quantitative estimate of drug-likeness (QED) is 0.638. The summed E-state index contributed by atoms with van der Waals surface area (Å²) in [5, 5.41) is 9.06. The third-order valence-electron chi connectivity index (χ3n) is 3.53. The molecule has 0 spiro atoms. The summed E-state index contributed by atoms with van der Waals surface area (Å²) in [5.74, 6) is 2.25. The van der Waals surface area contributed by atoms with E-state index in [9.17, 15) is 0 Å². The van der Waals surface area contributed by atoms with E-state index in [-0.39, 0.29) is 5.41 Å². The number of nitrogens with zero attached hydrogens (tertiary/aromatic N) is 5. The van der Waals surface area contributed by atoms with Crippen molar-refractivity contribution in [3.8, 4) is 0 Å². The first-order valence-electron chi connectivity index (χ1n) is 7.88. The maximum absolute atomic E-state index is 5.82. The highest BCUT2D eigenvalue weighted by atomic mass is 32.2. The summed E-state index contributed by atoms with van der Waals surface area (Å²) in [5.41, 5.74) is 1.03. The first-order valence-corrected chi connectivity index (χ1v) is 8.86. The molecule has 0 atom stereocenters. The summed E-state index contributed by atoms with van der Waals surface area (Å²) in [6, 6.07) is 5.95. The van der Waals surface area contributed by atoms with Crippen LogP contribution in [0.5, 0.6) is 0 Å². The predicted octanol–water partition coefficient (Wildman–Crippen LogP) is 3.49. The molecule has 0 amide bonds. The Labute approximate surface area is 145 Å². The Balaban J connectivity index is 1.58. The molecule has 7 heteroatoms. The molecule has 0 unspecified atom stereocenters. The van der Waals surface area contributed by atoms with Crippen LogP contribution < -0.4 is 0 Å². The number of hydrogen-bond donors (Lipinski definition) is 0. The normalized spacial score (nSPS) is 11.8. The smallest absolute Gasteiger partial charge is 0.204 e. The molecule has 24 heavy (non-hydrogen) atoms. The molecule has 0 aliphatic carbocycles. The number of rotatable bonds is 6. The van der Waals surface area contributed by atoms with Crippen LogP contribution in [0.3, 0.4) is 0 Å². The molecule has 126 valence electrons. The number of thioether (sulfide) groups is 1. The minimum atomic E-state index is -0.0291. The molecule has 6 nitrogen and oxygen atoms in total. The summed E-state index contributed by atoms with van der Waals surface area (Å²) in [6.07, 6.45) is 6.22. The van der Waals surface area contributed by atoms with Crippen molar-refractivity contribution in [2.45, 2.75) is 50.1 Å². The van der Waals surface area contributed by atoms with Gasteiger partial charge in [0.25, 0.3) is 0 Å². The van der Waals surface area contributed by atoms with Gasteiger partial charge in [0, 0.05) is 30.3 Å². The fourth-order valence-electron chi connectivity index (χ4n) is 2.14. The van der Waals surface area contributed by atoms with Crippen molar-refractivity contribution in [3.63, 3.8) is 0 Å². The van der Waals surface area contributed by atoms with Crippen LogP contribution in [-0.4, -0.2) is 24.7 Å². The lowest BCUT2D eigenvalue weighted by Gasteiger charge is -2.13. The van der Waals surface area contributed by atoms with Crippen LogP contribution in [0.15, 0.2) is 46.5 Å². The molecule has 0 bridgehead atoms.